The Hall–Kier alpha value is -6.97. The summed E-state index contributed by atoms with van der Waals surface area (Å²) in [5.41, 5.74) is 6.87. The number of hydrogen-bond donors (Lipinski definition) is 0. The highest BCUT2D eigenvalue weighted by molar-refractivity contribution is 7.20. The van der Waals surface area contributed by atoms with Gasteiger partial charge in [-0.3, -0.25) is 0 Å². The van der Waals surface area contributed by atoms with E-state index in [0.29, 0.717) is 16.7 Å². The average Bonchev–Trinajstić information content (AvgIpc) is 3.52. The molecule has 7 aromatic carbocycles. The van der Waals surface area contributed by atoms with Crippen molar-refractivity contribution < 1.29 is 0 Å². The molecule has 8 aromatic rings. The van der Waals surface area contributed by atoms with Crippen LogP contribution >= 0.6 is 0 Å². The van der Waals surface area contributed by atoms with Crippen molar-refractivity contribution in [2.45, 2.75) is 0 Å². The lowest BCUT2D eigenvalue weighted by Gasteiger charge is -2.35. The molecule has 0 N–H and O–H groups in total. The monoisotopic (exact) mass is 652 g/mol. The molecule has 1 aromatic heterocycles. The average molecular weight is 653 g/mol. The SMILES string of the molecule is N#Cc1ccc2c(c1)c1cc(C#N)ccc1n2-c1cccc(-c2cccc([Si](c3ccccc3)(c3ccccc3)c3ccccc3C#N)c2)c1. The van der Waals surface area contributed by atoms with E-state index in [1.54, 1.807) is 0 Å². The highest BCUT2D eigenvalue weighted by Gasteiger charge is 2.43. The molecule has 0 unspecified atom stereocenters. The van der Waals surface area contributed by atoms with Crippen LogP contribution in [0.5, 0.6) is 0 Å². The smallest absolute Gasteiger partial charge is 0.180 e. The Morgan fingerprint density at radius 2 is 0.940 bits per heavy atom. The van der Waals surface area contributed by atoms with Gasteiger partial charge in [0, 0.05) is 16.5 Å². The van der Waals surface area contributed by atoms with E-state index in [9.17, 15) is 15.8 Å². The predicted molar refractivity (Wildman–Crippen MR) is 204 cm³/mol. The van der Waals surface area contributed by atoms with Crippen molar-refractivity contribution in [3.8, 4) is 35.0 Å². The second kappa shape index (κ2) is 12.6. The molecule has 0 aliphatic rings. The summed E-state index contributed by atoms with van der Waals surface area (Å²) in [7, 11) is -2.97. The Balaban J connectivity index is 1.36. The molecule has 0 saturated carbocycles. The molecule has 232 valence electrons. The van der Waals surface area contributed by atoms with Crippen LogP contribution in [0.15, 0.2) is 170 Å². The summed E-state index contributed by atoms with van der Waals surface area (Å²) in [6.45, 7) is 0. The minimum atomic E-state index is -2.97. The molecule has 0 fully saturated rings. The van der Waals surface area contributed by atoms with E-state index in [4.69, 9.17) is 0 Å². The van der Waals surface area contributed by atoms with Crippen LogP contribution in [-0.4, -0.2) is 12.6 Å². The van der Waals surface area contributed by atoms with Gasteiger partial charge < -0.3 is 4.57 Å². The summed E-state index contributed by atoms with van der Waals surface area (Å²) in [6.07, 6.45) is 0. The van der Waals surface area contributed by atoms with Crippen LogP contribution < -0.4 is 20.7 Å². The molecule has 4 nitrogen and oxygen atoms in total. The van der Waals surface area contributed by atoms with Crippen molar-refractivity contribution in [2.75, 3.05) is 0 Å². The van der Waals surface area contributed by atoms with Crippen molar-refractivity contribution in [3.05, 3.63) is 187 Å². The number of hydrogen-bond acceptors (Lipinski definition) is 3. The molecule has 0 aliphatic heterocycles. The quantitative estimate of drug-likeness (QED) is 0.138. The minimum Gasteiger partial charge on any atom is -0.309 e. The van der Waals surface area contributed by atoms with Gasteiger partial charge in [0.25, 0.3) is 0 Å². The van der Waals surface area contributed by atoms with Gasteiger partial charge in [0.15, 0.2) is 8.07 Å². The highest BCUT2D eigenvalue weighted by atomic mass is 28.3. The van der Waals surface area contributed by atoms with Gasteiger partial charge in [0.2, 0.25) is 0 Å². The van der Waals surface area contributed by atoms with Gasteiger partial charge in [0.05, 0.1) is 45.9 Å². The fourth-order valence-corrected chi connectivity index (χ4v) is 12.4. The van der Waals surface area contributed by atoms with Gasteiger partial charge in [-0.1, -0.05) is 115 Å². The van der Waals surface area contributed by atoms with Crippen LogP contribution in [0.25, 0.3) is 38.6 Å². The first-order chi connectivity index (χ1) is 24.6. The fraction of sp³-hybridized carbons (Fsp3) is 0. The maximum atomic E-state index is 10.4. The molecule has 0 radical (unpaired) electrons. The van der Waals surface area contributed by atoms with Gasteiger partial charge in [-0.05, 0) is 86.5 Å². The normalized spacial score (nSPS) is 11.1. The number of aromatic nitrogens is 1. The molecule has 0 saturated heterocycles. The first-order valence-electron chi connectivity index (χ1n) is 16.4. The van der Waals surface area contributed by atoms with E-state index >= 15 is 0 Å². The summed E-state index contributed by atoms with van der Waals surface area (Å²) in [5.74, 6) is 0. The molecule has 1 heterocycles. The minimum absolute atomic E-state index is 0.576. The van der Waals surface area contributed by atoms with E-state index in [0.717, 1.165) is 43.8 Å². The van der Waals surface area contributed by atoms with E-state index < -0.39 is 8.07 Å². The number of nitriles is 3. The lowest BCUT2D eigenvalue weighted by molar-refractivity contribution is 1.18. The van der Waals surface area contributed by atoms with Crippen LogP contribution in [0.1, 0.15) is 16.7 Å². The number of nitrogens with zero attached hydrogens (tertiary/aromatic N) is 4. The Morgan fingerprint density at radius 3 is 1.52 bits per heavy atom. The lowest BCUT2D eigenvalue weighted by Crippen LogP contribution is -2.75. The second-order valence-corrected chi connectivity index (χ2v) is 16.1. The van der Waals surface area contributed by atoms with E-state index in [2.05, 4.69) is 126 Å². The number of rotatable bonds is 6. The van der Waals surface area contributed by atoms with Gasteiger partial charge >= 0.3 is 0 Å². The third-order valence-corrected chi connectivity index (χ3v) is 14.4. The Labute approximate surface area is 291 Å². The largest absolute Gasteiger partial charge is 0.309 e. The predicted octanol–water partition coefficient (Wildman–Crippen LogP) is 7.44. The van der Waals surface area contributed by atoms with Crippen molar-refractivity contribution in [2.24, 2.45) is 0 Å². The summed E-state index contributed by atoms with van der Waals surface area (Å²) in [4.78, 5) is 0. The fourth-order valence-electron chi connectivity index (χ4n) is 7.45. The molecule has 8 rings (SSSR count). The first kappa shape index (κ1) is 30.4. The maximum Gasteiger partial charge on any atom is 0.180 e. The number of benzene rings is 7. The van der Waals surface area contributed by atoms with E-state index in [1.807, 2.05) is 66.7 Å². The number of fused-ring (bicyclic) bond motifs is 3. The molecule has 5 heteroatoms. The molecule has 0 bridgehead atoms. The molecule has 0 aliphatic carbocycles. The maximum absolute atomic E-state index is 10.4. The third kappa shape index (κ3) is 4.88. The van der Waals surface area contributed by atoms with Crippen LogP contribution in [-0.2, 0) is 0 Å². The van der Waals surface area contributed by atoms with Crippen LogP contribution in [0.4, 0.5) is 0 Å². The lowest BCUT2D eigenvalue weighted by atomic mass is 10.0. The Morgan fingerprint density at radius 1 is 0.420 bits per heavy atom. The zero-order chi connectivity index (χ0) is 34.1. The summed E-state index contributed by atoms with van der Waals surface area (Å²) in [6, 6.07) is 65.2. The topological polar surface area (TPSA) is 76.3 Å². The van der Waals surface area contributed by atoms with Gasteiger partial charge in [-0.15, -0.1) is 0 Å². The van der Waals surface area contributed by atoms with Crippen molar-refractivity contribution in [3.63, 3.8) is 0 Å². The summed E-state index contributed by atoms with van der Waals surface area (Å²) < 4.78 is 2.20. The molecule has 0 atom stereocenters. The highest BCUT2D eigenvalue weighted by Crippen LogP contribution is 2.34. The van der Waals surface area contributed by atoms with Crippen molar-refractivity contribution in [1.82, 2.24) is 4.57 Å². The van der Waals surface area contributed by atoms with Crippen LogP contribution in [0, 0.1) is 34.0 Å². The summed E-state index contributed by atoms with van der Waals surface area (Å²) >= 11 is 0. The van der Waals surface area contributed by atoms with Gasteiger partial charge in [-0.2, -0.15) is 15.8 Å². The van der Waals surface area contributed by atoms with Crippen molar-refractivity contribution >= 4 is 50.6 Å². The zero-order valence-electron chi connectivity index (χ0n) is 27.0. The second-order valence-electron chi connectivity index (χ2n) is 12.3. The molecule has 0 spiro atoms. The zero-order valence-corrected chi connectivity index (χ0v) is 28.0. The Kier molecular flexibility index (Phi) is 7.63. The standard InChI is InChI=1S/C45H28N4Si/c46-29-32-21-23-43-41(25-32)42-26-33(30-47)22-24-44(42)49(43)37-14-9-12-34(27-37)35-13-10-19-40(28-35)50(38-15-3-1-4-16-38,39-17-5-2-6-18-39)45-20-8-7-11-36(45)31-48/h1-28H. The van der Waals surface area contributed by atoms with Gasteiger partial charge in [0.1, 0.15) is 0 Å². The molecular formula is C45H28N4Si. The molecular weight excluding hydrogens is 625 g/mol. The van der Waals surface area contributed by atoms with E-state index in [1.165, 1.54) is 15.6 Å². The first-order valence-corrected chi connectivity index (χ1v) is 18.4. The third-order valence-electron chi connectivity index (χ3n) is 9.62. The van der Waals surface area contributed by atoms with Gasteiger partial charge in [-0.25, -0.2) is 0 Å². The van der Waals surface area contributed by atoms with Crippen LogP contribution in [0.3, 0.4) is 0 Å². The molecule has 50 heavy (non-hydrogen) atoms. The molecule has 0 amide bonds. The summed E-state index contributed by atoms with van der Waals surface area (Å²) in [5, 5.41) is 36.3. The van der Waals surface area contributed by atoms with E-state index in [-0.39, 0.29) is 0 Å². The van der Waals surface area contributed by atoms with Crippen LogP contribution in [0.2, 0.25) is 0 Å². The Bertz CT molecular complexity index is 2580. The van der Waals surface area contributed by atoms with Crippen molar-refractivity contribution in [1.29, 1.82) is 15.8 Å².